The minimum atomic E-state index is -0.0217. The van der Waals surface area contributed by atoms with E-state index < -0.39 is 0 Å². The molecule has 0 saturated heterocycles. The van der Waals surface area contributed by atoms with Gasteiger partial charge in [-0.15, -0.1) is 0 Å². The highest BCUT2D eigenvalue weighted by molar-refractivity contribution is 5.88. The lowest BCUT2D eigenvalue weighted by Crippen LogP contribution is -2.15. The predicted octanol–water partition coefficient (Wildman–Crippen LogP) is 0.185. The number of nitrogens with two attached hydrogens (primary N) is 1. The standard InChI is InChI=1S/C7H12N4/c1-6(4-8)5-11-3-2-7(9)10/h2-3,6,11H,5H2,1H3,(H3,9,10)/b3-2-/t6-/m0/s1. The average Bonchev–Trinajstić information content (AvgIpc) is 1.97. The van der Waals surface area contributed by atoms with Gasteiger partial charge in [0, 0.05) is 12.7 Å². The topological polar surface area (TPSA) is 85.7 Å². The maximum atomic E-state index is 8.36. The summed E-state index contributed by atoms with van der Waals surface area (Å²) in [5.74, 6) is -0.0197. The number of hydrogen-bond donors (Lipinski definition) is 3. The van der Waals surface area contributed by atoms with Gasteiger partial charge >= 0.3 is 0 Å². The lowest BCUT2D eigenvalue weighted by Gasteiger charge is -1.99. The second-order valence-electron chi connectivity index (χ2n) is 2.23. The zero-order valence-corrected chi connectivity index (χ0v) is 6.46. The first-order chi connectivity index (χ1) is 5.16. The summed E-state index contributed by atoms with van der Waals surface area (Å²) in [5.41, 5.74) is 5.03. The summed E-state index contributed by atoms with van der Waals surface area (Å²) >= 11 is 0. The van der Waals surface area contributed by atoms with Crippen LogP contribution < -0.4 is 11.1 Å². The van der Waals surface area contributed by atoms with Gasteiger partial charge in [-0.1, -0.05) is 0 Å². The van der Waals surface area contributed by atoms with E-state index in [1.54, 1.807) is 6.20 Å². The third-order valence-corrected chi connectivity index (χ3v) is 1.03. The first-order valence-corrected chi connectivity index (χ1v) is 3.30. The Labute approximate surface area is 66.2 Å². The van der Waals surface area contributed by atoms with Crippen molar-refractivity contribution in [2.24, 2.45) is 11.7 Å². The highest BCUT2D eigenvalue weighted by Gasteiger charge is 1.93. The lowest BCUT2D eigenvalue weighted by molar-refractivity contribution is 0.683. The van der Waals surface area contributed by atoms with Crippen molar-refractivity contribution in [1.29, 1.82) is 10.7 Å². The molecule has 0 aromatic carbocycles. The van der Waals surface area contributed by atoms with Crippen molar-refractivity contribution in [2.45, 2.75) is 6.92 Å². The number of amidine groups is 1. The van der Waals surface area contributed by atoms with E-state index in [-0.39, 0.29) is 11.8 Å². The van der Waals surface area contributed by atoms with Crippen molar-refractivity contribution in [3.63, 3.8) is 0 Å². The fraction of sp³-hybridized carbons (Fsp3) is 0.429. The maximum Gasteiger partial charge on any atom is 0.116 e. The Kier molecular flexibility index (Phi) is 4.58. The molecule has 0 radical (unpaired) electrons. The molecule has 4 heteroatoms. The van der Waals surface area contributed by atoms with Gasteiger partial charge in [-0.3, -0.25) is 5.41 Å². The van der Waals surface area contributed by atoms with Gasteiger partial charge in [-0.2, -0.15) is 5.26 Å². The van der Waals surface area contributed by atoms with Crippen molar-refractivity contribution >= 4 is 5.84 Å². The van der Waals surface area contributed by atoms with Crippen LogP contribution in [-0.4, -0.2) is 12.4 Å². The predicted molar refractivity (Wildman–Crippen MR) is 43.8 cm³/mol. The molecule has 0 fully saturated rings. The Hall–Kier alpha value is -1.50. The quantitative estimate of drug-likeness (QED) is 0.397. The van der Waals surface area contributed by atoms with Crippen LogP contribution in [0, 0.1) is 22.7 Å². The molecule has 0 aliphatic carbocycles. The maximum absolute atomic E-state index is 8.36. The van der Waals surface area contributed by atoms with Crippen molar-refractivity contribution in [2.75, 3.05) is 6.54 Å². The third-order valence-electron chi connectivity index (χ3n) is 1.03. The zero-order chi connectivity index (χ0) is 8.69. The molecule has 0 heterocycles. The summed E-state index contributed by atoms with van der Waals surface area (Å²) in [6.45, 7) is 2.40. The summed E-state index contributed by atoms with van der Waals surface area (Å²) in [5, 5.41) is 18.0. The molecule has 0 aliphatic heterocycles. The van der Waals surface area contributed by atoms with Crippen LogP contribution in [0.3, 0.4) is 0 Å². The summed E-state index contributed by atoms with van der Waals surface area (Å²) in [6, 6.07) is 2.07. The van der Waals surface area contributed by atoms with E-state index in [0.717, 1.165) is 0 Å². The van der Waals surface area contributed by atoms with Crippen LogP contribution in [0.25, 0.3) is 0 Å². The minimum Gasteiger partial charge on any atom is -0.389 e. The van der Waals surface area contributed by atoms with E-state index in [9.17, 15) is 0 Å². The van der Waals surface area contributed by atoms with Crippen LogP contribution in [0.5, 0.6) is 0 Å². The molecule has 0 bridgehead atoms. The van der Waals surface area contributed by atoms with Crippen LogP contribution in [-0.2, 0) is 0 Å². The van der Waals surface area contributed by atoms with Gasteiger partial charge in [-0.25, -0.2) is 0 Å². The number of hydrogen-bond acceptors (Lipinski definition) is 3. The SMILES string of the molecule is C[C@@H](C#N)CN/C=C\C(=N)N. The Balaban J connectivity index is 3.43. The second-order valence-corrected chi connectivity index (χ2v) is 2.23. The van der Waals surface area contributed by atoms with Gasteiger partial charge in [-0.05, 0) is 13.0 Å². The molecule has 11 heavy (non-hydrogen) atoms. The van der Waals surface area contributed by atoms with Gasteiger partial charge in [0.15, 0.2) is 0 Å². The normalized spacial score (nSPS) is 12.4. The van der Waals surface area contributed by atoms with E-state index in [2.05, 4.69) is 11.4 Å². The number of nitriles is 1. The molecule has 4 nitrogen and oxygen atoms in total. The molecule has 0 spiro atoms. The van der Waals surface area contributed by atoms with Crippen LogP contribution in [0.2, 0.25) is 0 Å². The Morgan fingerprint density at radius 1 is 1.91 bits per heavy atom. The highest BCUT2D eigenvalue weighted by Crippen LogP contribution is 1.86. The molecule has 0 unspecified atom stereocenters. The molecule has 0 amide bonds. The summed E-state index contributed by atoms with van der Waals surface area (Å²) < 4.78 is 0. The Morgan fingerprint density at radius 2 is 2.55 bits per heavy atom. The molecule has 1 atom stereocenters. The lowest BCUT2D eigenvalue weighted by atomic mass is 10.2. The van der Waals surface area contributed by atoms with E-state index in [1.807, 2.05) is 6.92 Å². The molecule has 0 aromatic heterocycles. The van der Waals surface area contributed by atoms with Crippen molar-refractivity contribution in [3.05, 3.63) is 12.3 Å². The first kappa shape index (κ1) is 9.50. The third kappa shape index (κ3) is 6.38. The Morgan fingerprint density at radius 3 is 3.00 bits per heavy atom. The Bertz CT molecular complexity index is 189. The van der Waals surface area contributed by atoms with Crippen LogP contribution in [0.4, 0.5) is 0 Å². The molecule has 0 rings (SSSR count). The minimum absolute atomic E-state index is 0.00195. The van der Waals surface area contributed by atoms with Gasteiger partial charge in [0.25, 0.3) is 0 Å². The molecular formula is C7H12N4. The van der Waals surface area contributed by atoms with E-state index in [4.69, 9.17) is 16.4 Å². The van der Waals surface area contributed by atoms with Gasteiger partial charge < -0.3 is 11.1 Å². The summed E-state index contributed by atoms with van der Waals surface area (Å²) in [6.07, 6.45) is 3.00. The monoisotopic (exact) mass is 152 g/mol. The first-order valence-electron chi connectivity index (χ1n) is 3.30. The fourth-order valence-electron chi connectivity index (χ4n) is 0.439. The molecule has 0 aromatic rings. The molecule has 0 aliphatic rings. The summed E-state index contributed by atoms with van der Waals surface area (Å²) in [7, 11) is 0. The summed E-state index contributed by atoms with van der Waals surface area (Å²) in [4.78, 5) is 0. The van der Waals surface area contributed by atoms with Gasteiger partial charge in [0.1, 0.15) is 5.84 Å². The number of rotatable bonds is 4. The van der Waals surface area contributed by atoms with Crippen molar-refractivity contribution < 1.29 is 0 Å². The fourth-order valence-corrected chi connectivity index (χ4v) is 0.439. The van der Waals surface area contributed by atoms with E-state index >= 15 is 0 Å². The average molecular weight is 152 g/mol. The molecular weight excluding hydrogens is 140 g/mol. The largest absolute Gasteiger partial charge is 0.389 e. The van der Waals surface area contributed by atoms with Gasteiger partial charge in [0.2, 0.25) is 0 Å². The van der Waals surface area contributed by atoms with Crippen molar-refractivity contribution in [1.82, 2.24) is 5.32 Å². The van der Waals surface area contributed by atoms with Crippen molar-refractivity contribution in [3.8, 4) is 6.07 Å². The second kappa shape index (κ2) is 5.30. The van der Waals surface area contributed by atoms with E-state index in [1.165, 1.54) is 6.08 Å². The number of nitrogens with zero attached hydrogens (tertiary/aromatic N) is 1. The van der Waals surface area contributed by atoms with Crippen LogP contribution >= 0.6 is 0 Å². The van der Waals surface area contributed by atoms with Crippen LogP contribution in [0.1, 0.15) is 6.92 Å². The molecule has 60 valence electrons. The van der Waals surface area contributed by atoms with E-state index in [0.29, 0.717) is 6.54 Å². The smallest absolute Gasteiger partial charge is 0.116 e. The highest BCUT2D eigenvalue weighted by atomic mass is 14.8. The molecule has 4 N–H and O–H groups in total. The number of nitrogens with one attached hydrogen (secondary N) is 2. The zero-order valence-electron chi connectivity index (χ0n) is 6.46. The molecule has 0 saturated carbocycles. The van der Waals surface area contributed by atoms with Crippen LogP contribution in [0.15, 0.2) is 12.3 Å². The van der Waals surface area contributed by atoms with Gasteiger partial charge in [0.05, 0.1) is 12.0 Å².